The van der Waals surface area contributed by atoms with E-state index in [1.807, 2.05) is 36.4 Å². The molecule has 2 aromatic rings. The van der Waals surface area contributed by atoms with E-state index in [1.165, 1.54) is 32.1 Å². The summed E-state index contributed by atoms with van der Waals surface area (Å²) in [6, 6.07) is 12.8. The Morgan fingerprint density at radius 3 is 2.25 bits per heavy atom. The Hall–Kier alpha value is -2.08. The number of nitrogens with one attached hydrogen (secondary N) is 1. The lowest BCUT2D eigenvalue weighted by Crippen LogP contribution is -2.49. The van der Waals surface area contributed by atoms with Crippen LogP contribution in [0.5, 0.6) is 0 Å². The highest BCUT2D eigenvalue weighted by atomic mass is 35.5. The third-order valence-corrected chi connectivity index (χ3v) is 9.95. The molecular weight excluding hydrogens is 541 g/mol. The van der Waals surface area contributed by atoms with E-state index in [4.69, 9.17) is 23.2 Å². The van der Waals surface area contributed by atoms with Crippen molar-refractivity contribution in [3.05, 3.63) is 57.6 Å². The van der Waals surface area contributed by atoms with Crippen molar-refractivity contribution in [3.8, 4) is 11.1 Å². The Balaban J connectivity index is 1.20. The molecule has 7 heteroatoms. The minimum atomic E-state index is -0.0539. The van der Waals surface area contributed by atoms with Gasteiger partial charge in [0.15, 0.2) is 0 Å². The van der Waals surface area contributed by atoms with Crippen molar-refractivity contribution in [1.82, 2.24) is 15.1 Å². The molecule has 2 aromatic carbocycles. The fourth-order valence-electron chi connectivity index (χ4n) is 6.97. The van der Waals surface area contributed by atoms with Gasteiger partial charge in [-0.1, -0.05) is 61.0 Å². The molecule has 2 aliphatic heterocycles. The number of nitrogens with zero attached hydrogens (tertiary/aromatic N) is 2. The molecule has 1 unspecified atom stereocenters. The summed E-state index contributed by atoms with van der Waals surface area (Å²) >= 11 is 13.5. The maximum Gasteiger partial charge on any atom is 0.251 e. The van der Waals surface area contributed by atoms with Gasteiger partial charge in [-0.25, -0.2) is 0 Å². The second kappa shape index (κ2) is 13.3. The van der Waals surface area contributed by atoms with E-state index < -0.39 is 0 Å². The number of benzene rings is 2. The molecule has 40 heavy (non-hydrogen) atoms. The molecule has 5 rings (SSSR count). The molecule has 1 N–H and O–H groups in total. The number of hydrogen-bond donors (Lipinski definition) is 1. The van der Waals surface area contributed by atoms with Gasteiger partial charge in [0.05, 0.1) is 0 Å². The first kappa shape index (κ1) is 29.4. The van der Waals surface area contributed by atoms with Crippen molar-refractivity contribution in [2.75, 3.05) is 19.6 Å². The van der Waals surface area contributed by atoms with E-state index in [0.717, 1.165) is 55.5 Å². The quantitative estimate of drug-likeness (QED) is 0.352. The molecule has 2 saturated heterocycles. The van der Waals surface area contributed by atoms with E-state index in [-0.39, 0.29) is 17.7 Å². The van der Waals surface area contributed by atoms with E-state index in [9.17, 15) is 9.59 Å². The number of piperidine rings is 1. The molecular formula is C33H43Cl2N3O2. The molecule has 1 aliphatic carbocycles. The zero-order chi connectivity index (χ0) is 28.2. The Labute approximate surface area is 249 Å². The number of hydrogen-bond acceptors (Lipinski definition) is 3. The van der Waals surface area contributed by atoms with E-state index in [0.29, 0.717) is 46.7 Å². The number of amides is 2. The Kier molecular flexibility index (Phi) is 9.76. The van der Waals surface area contributed by atoms with Gasteiger partial charge < -0.3 is 10.2 Å². The van der Waals surface area contributed by atoms with Crippen molar-refractivity contribution in [2.24, 2.45) is 5.92 Å². The van der Waals surface area contributed by atoms with Crippen LogP contribution >= 0.6 is 23.2 Å². The molecule has 5 nitrogen and oxygen atoms in total. The van der Waals surface area contributed by atoms with Gasteiger partial charge in [0.1, 0.15) is 0 Å². The number of rotatable bonds is 8. The molecule has 1 saturated carbocycles. The topological polar surface area (TPSA) is 52.7 Å². The minimum absolute atomic E-state index is 0.0456. The smallest absolute Gasteiger partial charge is 0.251 e. The van der Waals surface area contributed by atoms with Crippen LogP contribution in [0.2, 0.25) is 10.0 Å². The maximum atomic E-state index is 13.2. The van der Waals surface area contributed by atoms with E-state index in [1.54, 1.807) is 0 Å². The molecule has 0 spiro atoms. The zero-order valence-corrected chi connectivity index (χ0v) is 25.4. The fraction of sp³-hybridized carbons (Fsp3) is 0.576. The van der Waals surface area contributed by atoms with Crippen molar-refractivity contribution in [3.63, 3.8) is 0 Å². The summed E-state index contributed by atoms with van der Waals surface area (Å²) in [5.74, 6) is 0.162. The minimum Gasteiger partial charge on any atom is -0.350 e. The van der Waals surface area contributed by atoms with Gasteiger partial charge in [-0.3, -0.25) is 14.5 Å². The van der Waals surface area contributed by atoms with Crippen molar-refractivity contribution < 1.29 is 9.59 Å². The Morgan fingerprint density at radius 2 is 1.57 bits per heavy atom. The lowest BCUT2D eigenvalue weighted by atomic mass is 9.93. The van der Waals surface area contributed by atoms with Gasteiger partial charge in [0.25, 0.3) is 5.91 Å². The van der Waals surface area contributed by atoms with Crippen molar-refractivity contribution in [1.29, 1.82) is 0 Å². The molecule has 0 bridgehead atoms. The van der Waals surface area contributed by atoms with Crippen LogP contribution in [0.1, 0.15) is 87.6 Å². The third kappa shape index (κ3) is 6.69. The summed E-state index contributed by atoms with van der Waals surface area (Å²) in [6.07, 6.45) is 11.0. The Bertz CT molecular complexity index is 1170. The lowest BCUT2D eigenvalue weighted by molar-refractivity contribution is -0.133. The van der Waals surface area contributed by atoms with Gasteiger partial charge >= 0.3 is 0 Å². The van der Waals surface area contributed by atoms with Crippen LogP contribution in [0.3, 0.4) is 0 Å². The maximum absolute atomic E-state index is 13.2. The molecule has 216 valence electrons. The average molecular weight is 585 g/mol. The molecule has 2 atom stereocenters. The molecule has 2 heterocycles. The lowest BCUT2D eigenvalue weighted by Gasteiger charge is -2.38. The van der Waals surface area contributed by atoms with E-state index >= 15 is 0 Å². The predicted molar refractivity (Wildman–Crippen MR) is 164 cm³/mol. The summed E-state index contributed by atoms with van der Waals surface area (Å²) in [5.41, 5.74) is 3.35. The molecule has 2 amide bonds. The molecule has 0 radical (unpaired) electrons. The van der Waals surface area contributed by atoms with Crippen molar-refractivity contribution >= 4 is 35.0 Å². The van der Waals surface area contributed by atoms with Crippen molar-refractivity contribution in [2.45, 2.75) is 96.2 Å². The van der Waals surface area contributed by atoms with Crippen LogP contribution in [0, 0.1) is 5.92 Å². The number of carbonyl (C=O) groups excluding carboxylic acids is 2. The van der Waals surface area contributed by atoms with E-state index in [2.05, 4.69) is 29.0 Å². The van der Waals surface area contributed by atoms with Gasteiger partial charge in [-0.2, -0.15) is 0 Å². The highest BCUT2D eigenvalue weighted by Crippen LogP contribution is 2.36. The summed E-state index contributed by atoms with van der Waals surface area (Å²) < 4.78 is 0. The monoisotopic (exact) mass is 583 g/mol. The van der Waals surface area contributed by atoms with Gasteiger partial charge in [0.2, 0.25) is 5.91 Å². The zero-order valence-electron chi connectivity index (χ0n) is 23.9. The van der Waals surface area contributed by atoms with Crippen LogP contribution in [-0.4, -0.2) is 59.4 Å². The van der Waals surface area contributed by atoms with Gasteiger partial charge in [0, 0.05) is 52.7 Å². The van der Waals surface area contributed by atoms with Crippen LogP contribution in [-0.2, 0) is 11.2 Å². The molecule has 3 fully saturated rings. The first-order valence-electron chi connectivity index (χ1n) is 15.2. The van der Waals surface area contributed by atoms with Gasteiger partial charge in [-0.15, -0.1) is 0 Å². The SMILES string of the molecule is CC(C)N1CCCC[C@H]1CNC(=O)c1ccc(-c2cc(Cl)c(CC3CCN(C4CCCCC4)C3=O)c(Cl)c2)cc1. The Morgan fingerprint density at radius 1 is 0.900 bits per heavy atom. The van der Waals surface area contributed by atoms with Gasteiger partial charge in [-0.05, 0) is 99.9 Å². The first-order valence-corrected chi connectivity index (χ1v) is 16.0. The van der Waals surface area contributed by atoms with Crippen LogP contribution in [0.15, 0.2) is 36.4 Å². The predicted octanol–water partition coefficient (Wildman–Crippen LogP) is 7.38. The highest BCUT2D eigenvalue weighted by molar-refractivity contribution is 6.36. The second-order valence-electron chi connectivity index (χ2n) is 12.2. The summed E-state index contributed by atoms with van der Waals surface area (Å²) in [4.78, 5) is 30.7. The standard InChI is InChI=1S/C33H43Cl2N3O2/c1-22(2)37-16-7-6-10-28(37)21-36-32(39)24-13-11-23(12-14-24)26-19-30(34)29(31(35)20-26)18-25-15-17-38(33(25)40)27-8-4-3-5-9-27/h11-14,19-20,22,25,27-28H,3-10,15-18,21H2,1-2H3,(H,36,39)/t25?,28-/m0/s1. The number of halogens is 2. The highest BCUT2D eigenvalue weighted by Gasteiger charge is 2.36. The summed E-state index contributed by atoms with van der Waals surface area (Å²) in [6.45, 7) is 7.08. The third-order valence-electron chi connectivity index (χ3n) is 9.27. The summed E-state index contributed by atoms with van der Waals surface area (Å²) in [7, 11) is 0. The average Bonchev–Trinajstić information content (AvgIpc) is 3.33. The molecule has 3 aliphatic rings. The number of likely N-dealkylation sites (tertiary alicyclic amines) is 2. The normalized spacial score (nSPS) is 22.7. The first-order chi connectivity index (χ1) is 19.3. The number of carbonyl (C=O) groups is 2. The summed E-state index contributed by atoms with van der Waals surface area (Å²) in [5, 5.41) is 4.33. The fourth-order valence-corrected chi connectivity index (χ4v) is 7.61. The molecule has 0 aromatic heterocycles. The van der Waals surface area contributed by atoms with Crippen LogP contribution in [0.25, 0.3) is 11.1 Å². The van der Waals surface area contributed by atoms with Crippen LogP contribution in [0.4, 0.5) is 0 Å². The largest absolute Gasteiger partial charge is 0.350 e. The second-order valence-corrected chi connectivity index (χ2v) is 13.0. The van der Waals surface area contributed by atoms with Crippen LogP contribution < -0.4 is 5.32 Å².